The van der Waals surface area contributed by atoms with E-state index in [1.807, 2.05) is 7.05 Å². The lowest BCUT2D eigenvalue weighted by Crippen LogP contribution is -2.47. The maximum Gasteiger partial charge on any atom is 0.342 e. The Bertz CT molecular complexity index is 573. The highest BCUT2D eigenvalue weighted by Crippen LogP contribution is 2.26. The Balaban J connectivity index is 2.25. The van der Waals surface area contributed by atoms with Crippen molar-refractivity contribution in [3.63, 3.8) is 0 Å². The lowest BCUT2D eigenvalue weighted by atomic mass is 10.1. The molecule has 0 amide bonds. The first-order valence-electron chi connectivity index (χ1n) is 6.30. The standard InChI is InChI=1S/C12H15FN4O4/c1-15-2-4-16(5-3-15)14-10-6-8(12(18)19)11(17(20)21)7-9(10)13/h6-7,14H,2-5H2,1H3,(H,18,19). The molecule has 1 aliphatic rings. The Morgan fingerprint density at radius 1 is 1.38 bits per heavy atom. The van der Waals surface area contributed by atoms with Gasteiger partial charge in [-0.3, -0.25) is 10.1 Å². The topological polar surface area (TPSA) is 99.0 Å². The van der Waals surface area contributed by atoms with Crippen LogP contribution in [-0.2, 0) is 0 Å². The Kier molecular flexibility index (Phi) is 4.34. The fourth-order valence-electron chi connectivity index (χ4n) is 2.06. The number of nitro benzene ring substituents is 1. The van der Waals surface area contributed by atoms with E-state index < -0.39 is 28.0 Å². The summed E-state index contributed by atoms with van der Waals surface area (Å²) in [6, 6.07) is 1.58. The van der Waals surface area contributed by atoms with Gasteiger partial charge in [0.25, 0.3) is 5.69 Å². The molecule has 1 heterocycles. The number of halogens is 1. The number of hydrazine groups is 1. The number of hydrogen-bond acceptors (Lipinski definition) is 6. The van der Waals surface area contributed by atoms with E-state index in [0.29, 0.717) is 19.2 Å². The van der Waals surface area contributed by atoms with E-state index in [1.165, 1.54) is 0 Å². The Hall–Kier alpha value is -2.26. The van der Waals surface area contributed by atoms with Crippen LogP contribution >= 0.6 is 0 Å². The molecule has 0 radical (unpaired) electrons. The first-order chi connectivity index (χ1) is 9.88. The molecule has 0 aromatic heterocycles. The number of piperazine rings is 1. The molecule has 8 nitrogen and oxygen atoms in total. The zero-order chi connectivity index (χ0) is 15.6. The van der Waals surface area contributed by atoms with Crippen LogP contribution in [0.4, 0.5) is 15.8 Å². The number of nitrogens with one attached hydrogen (secondary N) is 1. The molecule has 0 aliphatic carbocycles. The van der Waals surface area contributed by atoms with E-state index in [0.717, 1.165) is 19.2 Å². The molecule has 1 saturated heterocycles. The van der Waals surface area contributed by atoms with Crippen molar-refractivity contribution in [1.29, 1.82) is 0 Å². The molecule has 1 aromatic rings. The van der Waals surface area contributed by atoms with Crippen LogP contribution in [0.3, 0.4) is 0 Å². The monoisotopic (exact) mass is 298 g/mol. The van der Waals surface area contributed by atoms with E-state index in [1.54, 1.807) is 5.01 Å². The van der Waals surface area contributed by atoms with E-state index in [-0.39, 0.29) is 5.69 Å². The molecular weight excluding hydrogens is 283 g/mol. The lowest BCUT2D eigenvalue weighted by Gasteiger charge is -2.33. The molecule has 1 aromatic carbocycles. The molecule has 0 saturated carbocycles. The number of carboxylic acid groups (broad SMARTS) is 1. The summed E-state index contributed by atoms with van der Waals surface area (Å²) >= 11 is 0. The van der Waals surface area contributed by atoms with Crippen molar-refractivity contribution < 1.29 is 19.2 Å². The van der Waals surface area contributed by atoms with Gasteiger partial charge in [0.1, 0.15) is 5.56 Å². The average Bonchev–Trinajstić information content (AvgIpc) is 2.42. The van der Waals surface area contributed by atoms with Gasteiger partial charge in [-0.25, -0.2) is 14.2 Å². The first-order valence-corrected chi connectivity index (χ1v) is 6.30. The molecule has 2 N–H and O–H groups in total. The summed E-state index contributed by atoms with van der Waals surface area (Å²) in [5.41, 5.74) is 1.39. The second-order valence-electron chi connectivity index (χ2n) is 4.81. The second kappa shape index (κ2) is 6.02. The van der Waals surface area contributed by atoms with Gasteiger partial charge in [-0.05, 0) is 13.1 Å². The van der Waals surface area contributed by atoms with Gasteiger partial charge in [-0.1, -0.05) is 0 Å². The van der Waals surface area contributed by atoms with Crippen LogP contribution in [0.1, 0.15) is 10.4 Å². The SMILES string of the molecule is CN1CCN(Nc2cc(C(=O)O)c([N+](=O)[O-])cc2F)CC1. The third-order valence-corrected chi connectivity index (χ3v) is 3.29. The third-order valence-electron chi connectivity index (χ3n) is 3.29. The van der Waals surface area contributed by atoms with Crippen molar-refractivity contribution >= 4 is 17.3 Å². The van der Waals surface area contributed by atoms with Crippen molar-refractivity contribution in [2.45, 2.75) is 0 Å². The van der Waals surface area contributed by atoms with Gasteiger partial charge < -0.3 is 15.4 Å². The maximum absolute atomic E-state index is 13.9. The molecule has 0 spiro atoms. The Morgan fingerprint density at radius 3 is 2.52 bits per heavy atom. The van der Waals surface area contributed by atoms with Gasteiger partial charge >= 0.3 is 5.97 Å². The van der Waals surface area contributed by atoms with Crippen LogP contribution in [0, 0.1) is 15.9 Å². The van der Waals surface area contributed by atoms with Crippen molar-refractivity contribution in [1.82, 2.24) is 9.91 Å². The minimum Gasteiger partial charge on any atom is -0.477 e. The summed E-state index contributed by atoms with van der Waals surface area (Å²) in [6.07, 6.45) is 0. The summed E-state index contributed by atoms with van der Waals surface area (Å²) in [4.78, 5) is 23.0. The van der Waals surface area contributed by atoms with Crippen LogP contribution in [0.15, 0.2) is 12.1 Å². The van der Waals surface area contributed by atoms with Crippen LogP contribution in [-0.4, -0.2) is 59.1 Å². The molecule has 1 fully saturated rings. The van der Waals surface area contributed by atoms with Crippen molar-refractivity contribution in [3.05, 3.63) is 33.6 Å². The van der Waals surface area contributed by atoms with Gasteiger partial charge in [-0.2, -0.15) is 0 Å². The van der Waals surface area contributed by atoms with E-state index >= 15 is 0 Å². The van der Waals surface area contributed by atoms with Gasteiger partial charge in [0.2, 0.25) is 0 Å². The molecule has 0 unspecified atom stereocenters. The highest BCUT2D eigenvalue weighted by molar-refractivity contribution is 5.93. The molecule has 2 rings (SSSR count). The predicted octanol–water partition coefficient (Wildman–Crippen LogP) is 1.01. The smallest absolute Gasteiger partial charge is 0.342 e. The molecule has 21 heavy (non-hydrogen) atoms. The maximum atomic E-state index is 13.9. The number of anilines is 1. The van der Waals surface area contributed by atoms with Crippen LogP contribution in [0.5, 0.6) is 0 Å². The summed E-state index contributed by atoms with van der Waals surface area (Å²) in [7, 11) is 1.96. The van der Waals surface area contributed by atoms with Crippen molar-refractivity contribution in [2.24, 2.45) is 0 Å². The van der Waals surface area contributed by atoms with E-state index in [2.05, 4.69) is 10.3 Å². The number of carboxylic acids is 1. The quantitative estimate of drug-likeness (QED) is 0.632. The minimum absolute atomic E-state index is 0.0810. The molecule has 9 heteroatoms. The zero-order valence-corrected chi connectivity index (χ0v) is 11.4. The fraction of sp³-hybridized carbons (Fsp3) is 0.417. The number of nitrogens with zero attached hydrogens (tertiary/aromatic N) is 3. The molecule has 114 valence electrons. The molecule has 0 bridgehead atoms. The number of carbonyl (C=O) groups is 1. The Morgan fingerprint density at radius 2 is 2.00 bits per heavy atom. The summed E-state index contributed by atoms with van der Waals surface area (Å²) < 4.78 is 13.9. The summed E-state index contributed by atoms with van der Waals surface area (Å²) in [6.45, 7) is 2.84. The summed E-state index contributed by atoms with van der Waals surface area (Å²) in [5, 5.41) is 21.5. The molecular formula is C12H15FN4O4. The molecule has 0 atom stereocenters. The number of nitro groups is 1. The van der Waals surface area contributed by atoms with Crippen LogP contribution in [0.25, 0.3) is 0 Å². The average molecular weight is 298 g/mol. The Labute approximate surface area is 119 Å². The largest absolute Gasteiger partial charge is 0.477 e. The van der Waals surface area contributed by atoms with Gasteiger partial charge in [0.15, 0.2) is 5.82 Å². The van der Waals surface area contributed by atoms with Crippen LogP contribution < -0.4 is 5.43 Å². The number of benzene rings is 1. The van der Waals surface area contributed by atoms with Gasteiger partial charge in [0, 0.05) is 26.2 Å². The number of aromatic carboxylic acids is 1. The number of hydrogen-bond donors (Lipinski definition) is 2. The van der Waals surface area contributed by atoms with Gasteiger partial charge in [-0.15, -0.1) is 0 Å². The van der Waals surface area contributed by atoms with Crippen LogP contribution in [0.2, 0.25) is 0 Å². The van der Waals surface area contributed by atoms with Crippen molar-refractivity contribution in [3.8, 4) is 0 Å². The highest BCUT2D eigenvalue weighted by Gasteiger charge is 2.24. The van der Waals surface area contributed by atoms with Crippen molar-refractivity contribution in [2.75, 3.05) is 38.7 Å². The first kappa shape index (κ1) is 15.1. The molecule has 1 aliphatic heterocycles. The van der Waals surface area contributed by atoms with E-state index in [9.17, 15) is 19.3 Å². The fourth-order valence-corrected chi connectivity index (χ4v) is 2.06. The summed E-state index contributed by atoms with van der Waals surface area (Å²) in [5.74, 6) is -2.33. The third kappa shape index (κ3) is 3.44. The second-order valence-corrected chi connectivity index (χ2v) is 4.81. The minimum atomic E-state index is -1.47. The van der Waals surface area contributed by atoms with E-state index in [4.69, 9.17) is 5.11 Å². The number of likely N-dealkylation sites (N-methyl/N-ethyl adjacent to an activating group) is 1. The zero-order valence-electron chi connectivity index (χ0n) is 11.4. The highest BCUT2D eigenvalue weighted by atomic mass is 19.1. The predicted molar refractivity (Wildman–Crippen MR) is 72.7 cm³/mol. The number of rotatable bonds is 4. The lowest BCUT2D eigenvalue weighted by molar-refractivity contribution is -0.385. The van der Waals surface area contributed by atoms with Gasteiger partial charge in [0.05, 0.1) is 16.7 Å². The normalized spacial score (nSPS) is 16.7.